The average Bonchev–Trinajstić information content (AvgIpc) is 2.89. The molecule has 0 aliphatic carbocycles. The summed E-state index contributed by atoms with van der Waals surface area (Å²) in [6, 6.07) is 10.3. The largest absolute Gasteiger partial charge is 0.497 e. The zero-order valence-electron chi connectivity index (χ0n) is 13.5. The number of hydrogen-bond acceptors (Lipinski definition) is 5. The molecule has 2 aromatic rings. The second kappa shape index (κ2) is 6.98. The number of anilines is 1. The SMILES string of the molecule is COc1ccc(OC)c(/C=C2\SC(=O)N(c3ccc(F)cc3)C2=O)c1. The lowest BCUT2D eigenvalue weighted by Gasteiger charge is -2.12. The molecule has 0 unspecified atom stereocenters. The highest BCUT2D eigenvalue weighted by atomic mass is 32.2. The first kappa shape index (κ1) is 17.0. The monoisotopic (exact) mass is 359 g/mol. The van der Waals surface area contributed by atoms with Crippen LogP contribution in [0.5, 0.6) is 11.5 Å². The third-order valence-electron chi connectivity index (χ3n) is 3.60. The van der Waals surface area contributed by atoms with Crippen LogP contribution in [-0.4, -0.2) is 25.4 Å². The Morgan fingerprint density at radius 3 is 2.40 bits per heavy atom. The molecule has 1 aliphatic rings. The molecule has 3 rings (SSSR count). The van der Waals surface area contributed by atoms with Crippen molar-refractivity contribution in [3.05, 3.63) is 58.8 Å². The average molecular weight is 359 g/mol. The van der Waals surface area contributed by atoms with Crippen LogP contribution in [0.1, 0.15) is 5.56 Å². The van der Waals surface area contributed by atoms with Crippen LogP contribution in [0.25, 0.3) is 6.08 Å². The van der Waals surface area contributed by atoms with Gasteiger partial charge in [0.15, 0.2) is 0 Å². The van der Waals surface area contributed by atoms with E-state index in [1.807, 2.05) is 0 Å². The Morgan fingerprint density at radius 1 is 1.04 bits per heavy atom. The predicted molar refractivity (Wildman–Crippen MR) is 94.4 cm³/mol. The van der Waals surface area contributed by atoms with Gasteiger partial charge in [0.25, 0.3) is 11.1 Å². The summed E-state index contributed by atoms with van der Waals surface area (Å²) in [5.74, 6) is 0.248. The van der Waals surface area contributed by atoms with Gasteiger partial charge in [0.05, 0.1) is 24.8 Å². The maximum atomic E-state index is 13.1. The maximum absolute atomic E-state index is 13.1. The van der Waals surface area contributed by atoms with E-state index < -0.39 is 17.0 Å². The number of hydrogen-bond donors (Lipinski definition) is 0. The van der Waals surface area contributed by atoms with Crippen molar-refractivity contribution in [2.75, 3.05) is 19.1 Å². The van der Waals surface area contributed by atoms with Gasteiger partial charge in [-0.1, -0.05) is 0 Å². The number of benzene rings is 2. The molecule has 7 heteroatoms. The standard InChI is InChI=1S/C18H14FNO4S/c1-23-14-7-8-15(24-2)11(9-14)10-16-17(21)20(18(22)25-16)13-5-3-12(19)4-6-13/h3-10H,1-2H3/b16-10-. The van der Waals surface area contributed by atoms with Crippen LogP contribution in [0.15, 0.2) is 47.4 Å². The number of carbonyl (C=O) groups is 2. The summed E-state index contributed by atoms with van der Waals surface area (Å²) in [6.45, 7) is 0. The van der Waals surface area contributed by atoms with Gasteiger partial charge in [-0.25, -0.2) is 9.29 Å². The fourth-order valence-corrected chi connectivity index (χ4v) is 3.21. The first-order valence-electron chi connectivity index (χ1n) is 7.29. The molecular weight excluding hydrogens is 345 g/mol. The smallest absolute Gasteiger partial charge is 0.298 e. The highest BCUT2D eigenvalue weighted by Gasteiger charge is 2.36. The van der Waals surface area contributed by atoms with Crippen molar-refractivity contribution in [1.29, 1.82) is 0 Å². The van der Waals surface area contributed by atoms with Crippen LogP contribution in [0.4, 0.5) is 14.9 Å². The molecule has 0 spiro atoms. The Kier molecular flexibility index (Phi) is 4.76. The van der Waals surface area contributed by atoms with Crippen molar-refractivity contribution in [1.82, 2.24) is 0 Å². The van der Waals surface area contributed by atoms with E-state index in [2.05, 4.69) is 0 Å². The number of rotatable bonds is 4. The van der Waals surface area contributed by atoms with E-state index in [9.17, 15) is 14.0 Å². The van der Waals surface area contributed by atoms with Crippen LogP contribution in [0.2, 0.25) is 0 Å². The molecule has 5 nitrogen and oxygen atoms in total. The van der Waals surface area contributed by atoms with Crippen molar-refractivity contribution in [3.63, 3.8) is 0 Å². The van der Waals surface area contributed by atoms with E-state index >= 15 is 0 Å². The molecule has 128 valence electrons. The van der Waals surface area contributed by atoms with Crippen molar-refractivity contribution < 1.29 is 23.5 Å². The van der Waals surface area contributed by atoms with Crippen LogP contribution < -0.4 is 14.4 Å². The van der Waals surface area contributed by atoms with Gasteiger partial charge >= 0.3 is 0 Å². The number of ether oxygens (including phenoxy) is 2. The molecule has 0 aromatic heterocycles. The molecule has 1 aliphatic heterocycles. The third kappa shape index (κ3) is 3.36. The van der Waals surface area contributed by atoms with Crippen LogP contribution in [0, 0.1) is 5.82 Å². The molecule has 0 bridgehead atoms. The Balaban J connectivity index is 1.97. The van der Waals surface area contributed by atoms with Gasteiger partial charge in [0.1, 0.15) is 17.3 Å². The fraction of sp³-hybridized carbons (Fsp3) is 0.111. The molecule has 0 saturated carbocycles. The van der Waals surface area contributed by atoms with E-state index in [-0.39, 0.29) is 4.91 Å². The van der Waals surface area contributed by atoms with Crippen LogP contribution in [0.3, 0.4) is 0 Å². The molecule has 1 saturated heterocycles. The number of thioether (sulfide) groups is 1. The summed E-state index contributed by atoms with van der Waals surface area (Å²) in [5.41, 5.74) is 0.941. The minimum atomic E-state index is -0.466. The second-order valence-electron chi connectivity index (χ2n) is 5.10. The Hall–Kier alpha value is -2.80. The fourth-order valence-electron chi connectivity index (χ4n) is 2.37. The van der Waals surface area contributed by atoms with Gasteiger partial charge in [-0.3, -0.25) is 9.59 Å². The van der Waals surface area contributed by atoms with Crippen LogP contribution >= 0.6 is 11.8 Å². The van der Waals surface area contributed by atoms with Gasteiger partial charge in [-0.15, -0.1) is 0 Å². The zero-order valence-corrected chi connectivity index (χ0v) is 14.3. The van der Waals surface area contributed by atoms with E-state index in [4.69, 9.17) is 9.47 Å². The highest BCUT2D eigenvalue weighted by molar-refractivity contribution is 8.19. The number of halogens is 1. The van der Waals surface area contributed by atoms with Crippen molar-refractivity contribution >= 4 is 34.7 Å². The number of carbonyl (C=O) groups excluding carboxylic acids is 2. The molecule has 2 aromatic carbocycles. The predicted octanol–water partition coefficient (Wildman–Crippen LogP) is 4.08. The summed E-state index contributed by atoms with van der Waals surface area (Å²) in [4.78, 5) is 26.1. The molecule has 0 atom stereocenters. The summed E-state index contributed by atoms with van der Waals surface area (Å²) in [6.07, 6.45) is 1.58. The molecule has 2 amide bonds. The molecule has 1 heterocycles. The number of methoxy groups -OCH3 is 2. The normalized spacial score (nSPS) is 15.8. The molecule has 0 N–H and O–H groups in total. The molecular formula is C18H14FNO4S. The Morgan fingerprint density at radius 2 is 1.76 bits per heavy atom. The van der Waals surface area contributed by atoms with Crippen LogP contribution in [-0.2, 0) is 4.79 Å². The van der Waals surface area contributed by atoms with Gasteiger partial charge in [-0.2, -0.15) is 0 Å². The minimum absolute atomic E-state index is 0.251. The molecule has 25 heavy (non-hydrogen) atoms. The molecule has 0 radical (unpaired) electrons. The summed E-state index contributed by atoms with van der Waals surface area (Å²) in [7, 11) is 3.05. The van der Waals surface area contributed by atoms with Gasteiger partial charge < -0.3 is 9.47 Å². The van der Waals surface area contributed by atoms with Gasteiger partial charge in [-0.05, 0) is 60.3 Å². The summed E-state index contributed by atoms with van der Waals surface area (Å²) < 4.78 is 23.5. The van der Waals surface area contributed by atoms with E-state index in [0.717, 1.165) is 16.7 Å². The van der Waals surface area contributed by atoms with E-state index in [1.54, 1.807) is 24.3 Å². The zero-order chi connectivity index (χ0) is 18.0. The van der Waals surface area contributed by atoms with Gasteiger partial charge in [0.2, 0.25) is 0 Å². The second-order valence-corrected chi connectivity index (χ2v) is 6.09. The van der Waals surface area contributed by atoms with E-state index in [0.29, 0.717) is 22.7 Å². The number of imide groups is 1. The number of nitrogens with zero attached hydrogens (tertiary/aromatic N) is 1. The summed E-state index contributed by atoms with van der Waals surface area (Å²) in [5, 5.41) is -0.440. The molecule has 1 fully saturated rings. The number of amides is 2. The Labute approximate surface area is 148 Å². The van der Waals surface area contributed by atoms with Crippen molar-refractivity contribution in [3.8, 4) is 11.5 Å². The van der Waals surface area contributed by atoms with Crippen molar-refractivity contribution in [2.24, 2.45) is 0 Å². The Bertz CT molecular complexity index is 864. The van der Waals surface area contributed by atoms with Crippen molar-refractivity contribution in [2.45, 2.75) is 0 Å². The lowest BCUT2D eigenvalue weighted by Crippen LogP contribution is -2.27. The third-order valence-corrected chi connectivity index (χ3v) is 4.47. The topological polar surface area (TPSA) is 55.8 Å². The highest BCUT2D eigenvalue weighted by Crippen LogP contribution is 2.37. The lowest BCUT2D eigenvalue weighted by atomic mass is 10.1. The first-order valence-corrected chi connectivity index (χ1v) is 8.10. The lowest BCUT2D eigenvalue weighted by molar-refractivity contribution is -0.113. The first-order chi connectivity index (χ1) is 12.0. The van der Waals surface area contributed by atoms with Gasteiger partial charge in [0, 0.05) is 5.56 Å². The maximum Gasteiger partial charge on any atom is 0.298 e. The van der Waals surface area contributed by atoms with E-state index in [1.165, 1.54) is 38.5 Å². The summed E-state index contributed by atoms with van der Waals surface area (Å²) >= 11 is 0.817. The minimum Gasteiger partial charge on any atom is -0.497 e. The quantitative estimate of drug-likeness (QED) is 0.770.